The Kier molecular flexibility index (Phi) is 7.90. The molecule has 0 saturated heterocycles. The smallest absolute Gasteiger partial charge is 0.172 e. The highest BCUT2D eigenvalue weighted by molar-refractivity contribution is 5.87. The first-order chi connectivity index (χ1) is 14.9. The topological polar surface area (TPSA) is 37.3 Å². The fraction of sp³-hybridized carbons (Fsp3) is 0.759. The van der Waals surface area contributed by atoms with E-state index < -0.39 is 11.6 Å². The minimum atomic E-state index is -1.34. The monoisotopic (exact) mass is 444 g/mol. The lowest BCUT2D eigenvalue weighted by atomic mass is 9.60. The van der Waals surface area contributed by atoms with Gasteiger partial charge in [-0.3, -0.25) is 4.79 Å². The van der Waals surface area contributed by atoms with E-state index in [0.717, 1.165) is 37.7 Å². The fourth-order valence-corrected chi connectivity index (χ4v) is 6.86. The Labute approximate surface area is 195 Å². The van der Waals surface area contributed by atoms with E-state index >= 15 is 0 Å². The maximum Gasteiger partial charge on any atom is 0.172 e. The summed E-state index contributed by atoms with van der Waals surface area (Å²) >= 11 is 0. The van der Waals surface area contributed by atoms with Crippen LogP contribution in [0.25, 0.3) is 0 Å². The van der Waals surface area contributed by atoms with E-state index in [1.54, 1.807) is 5.57 Å². The molecular weight excluding hydrogens is 399 g/mol. The Balaban J connectivity index is 1.67. The summed E-state index contributed by atoms with van der Waals surface area (Å²) in [5.41, 5.74) is 3.33. The van der Waals surface area contributed by atoms with Crippen molar-refractivity contribution in [2.45, 2.75) is 111 Å². The number of Topliss-reactive ketones (excluding diaryl/α,β-unsaturated/α-hetero) is 1. The summed E-state index contributed by atoms with van der Waals surface area (Å²) in [6.45, 7) is 14.3. The number of hydrogen-bond donors (Lipinski definition) is 1. The number of hydrogen-bond acceptors (Lipinski definition) is 2. The molecule has 0 amide bonds. The number of aliphatic hydroxyl groups is 1. The first kappa shape index (κ1) is 25.4. The van der Waals surface area contributed by atoms with E-state index in [1.807, 2.05) is 20.8 Å². The Morgan fingerprint density at radius 2 is 1.91 bits per heavy atom. The largest absolute Gasteiger partial charge is 0.388 e. The van der Waals surface area contributed by atoms with Gasteiger partial charge in [0.1, 0.15) is 0 Å². The predicted octanol–water partition coefficient (Wildman–Crippen LogP) is 7.53. The summed E-state index contributed by atoms with van der Waals surface area (Å²) in [4.78, 5) is 12.3. The summed E-state index contributed by atoms with van der Waals surface area (Å²) in [5.74, 6) is 1.36. The minimum Gasteiger partial charge on any atom is -0.388 e. The second-order valence-electron chi connectivity index (χ2n) is 12.1. The van der Waals surface area contributed by atoms with Crippen molar-refractivity contribution in [2.75, 3.05) is 0 Å². The molecule has 3 heteroatoms. The van der Waals surface area contributed by atoms with Gasteiger partial charge in [-0.1, -0.05) is 58.9 Å². The van der Waals surface area contributed by atoms with Crippen LogP contribution >= 0.6 is 0 Å². The number of aliphatic hydroxyl groups excluding tert-OH is 1. The predicted molar refractivity (Wildman–Crippen MR) is 131 cm³/mol. The highest BCUT2D eigenvalue weighted by Gasteiger charge is 2.50. The summed E-state index contributed by atoms with van der Waals surface area (Å²) in [6, 6.07) is 0. The summed E-state index contributed by atoms with van der Waals surface area (Å²) in [5, 5.41) is 10.1. The van der Waals surface area contributed by atoms with E-state index in [-0.39, 0.29) is 17.3 Å². The Morgan fingerprint density at radius 3 is 2.59 bits per heavy atom. The van der Waals surface area contributed by atoms with Crippen LogP contribution in [0.1, 0.15) is 98.8 Å². The van der Waals surface area contributed by atoms with E-state index in [4.69, 9.17) is 0 Å². The first-order valence-electron chi connectivity index (χ1n) is 12.9. The molecule has 180 valence electrons. The lowest BCUT2D eigenvalue weighted by molar-refractivity contribution is -0.131. The van der Waals surface area contributed by atoms with Gasteiger partial charge in [0.25, 0.3) is 0 Å². The molecule has 0 radical (unpaired) electrons. The highest BCUT2D eigenvalue weighted by atomic mass is 19.1. The van der Waals surface area contributed by atoms with E-state index in [9.17, 15) is 14.3 Å². The van der Waals surface area contributed by atoms with Crippen molar-refractivity contribution in [2.24, 2.45) is 28.6 Å². The summed E-state index contributed by atoms with van der Waals surface area (Å²) in [6.07, 6.45) is 12.9. The average molecular weight is 445 g/mol. The van der Waals surface area contributed by atoms with Crippen molar-refractivity contribution in [3.05, 3.63) is 35.5 Å². The van der Waals surface area contributed by atoms with Crippen LogP contribution in [0.4, 0.5) is 4.39 Å². The van der Waals surface area contributed by atoms with Crippen LogP contribution in [0, 0.1) is 28.6 Å². The van der Waals surface area contributed by atoms with Crippen molar-refractivity contribution >= 4 is 5.78 Å². The van der Waals surface area contributed by atoms with Gasteiger partial charge in [0.15, 0.2) is 12.0 Å². The van der Waals surface area contributed by atoms with E-state index in [0.29, 0.717) is 24.2 Å². The Bertz CT molecular complexity index is 771. The number of ketones is 1. The molecular formula is C29H45FO2. The zero-order chi connectivity index (χ0) is 23.7. The van der Waals surface area contributed by atoms with Crippen LogP contribution < -0.4 is 0 Å². The van der Waals surface area contributed by atoms with E-state index in [2.05, 4.69) is 32.6 Å². The number of fused-ring (bicyclic) bond motifs is 1. The molecule has 0 aliphatic heterocycles. The molecule has 3 unspecified atom stereocenters. The number of allylic oxidation sites excluding steroid dienone is 3. The number of carbonyl (C=O) groups is 1. The minimum absolute atomic E-state index is 0.259. The third-order valence-corrected chi connectivity index (χ3v) is 8.86. The third kappa shape index (κ3) is 5.29. The average Bonchev–Trinajstić information content (AvgIpc) is 3.09. The Hall–Kier alpha value is -1.22. The van der Waals surface area contributed by atoms with Crippen molar-refractivity contribution in [3.8, 4) is 0 Å². The van der Waals surface area contributed by atoms with Crippen LogP contribution in [0.15, 0.2) is 35.5 Å². The second-order valence-corrected chi connectivity index (χ2v) is 12.1. The van der Waals surface area contributed by atoms with Crippen LogP contribution in [0.3, 0.4) is 0 Å². The molecule has 1 N–H and O–H groups in total. The molecule has 0 heterocycles. The zero-order valence-electron chi connectivity index (χ0n) is 21.1. The van der Waals surface area contributed by atoms with Crippen LogP contribution in [-0.4, -0.2) is 23.2 Å². The van der Waals surface area contributed by atoms with Crippen LogP contribution in [0.2, 0.25) is 0 Å². The molecule has 0 aromatic heterocycles. The van der Waals surface area contributed by atoms with Crippen molar-refractivity contribution in [1.82, 2.24) is 0 Å². The van der Waals surface area contributed by atoms with Gasteiger partial charge in [-0.2, -0.15) is 0 Å². The summed E-state index contributed by atoms with van der Waals surface area (Å²) in [7, 11) is 0. The molecule has 3 fully saturated rings. The normalized spacial score (nSPS) is 35.7. The van der Waals surface area contributed by atoms with Gasteiger partial charge in [0.05, 0.1) is 6.10 Å². The van der Waals surface area contributed by atoms with E-state index in [1.165, 1.54) is 31.3 Å². The van der Waals surface area contributed by atoms with Gasteiger partial charge in [-0.05, 0) is 98.5 Å². The van der Waals surface area contributed by atoms with Crippen molar-refractivity contribution < 1.29 is 14.3 Å². The lowest BCUT2D eigenvalue weighted by Crippen LogP contribution is -2.36. The molecule has 2 nitrogen and oxygen atoms in total. The molecule has 32 heavy (non-hydrogen) atoms. The molecule has 3 aliphatic rings. The fourth-order valence-electron chi connectivity index (χ4n) is 6.86. The van der Waals surface area contributed by atoms with Gasteiger partial charge in [0.2, 0.25) is 0 Å². The highest BCUT2D eigenvalue weighted by Crippen LogP contribution is 2.60. The SMILES string of the molecule is C=C1/C(=C\C=C2/CCCC3(C)[C@@H]([C@H](C)CCC(F)C(=O)C(C)(C)C)CC[C@@H]23)CCCC1O. The van der Waals surface area contributed by atoms with Crippen molar-refractivity contribution in [1.29, 1.82) is 0 Å². The molecule has 0 aromatic rings. The van der Waals surface area contributed by atoms with Crippen molar-refractivity contribution in [3.63, 3.8) is 0 Å². The first-order valence-corrected chi connectivity index (χ1v) is 12.9. The maximum absolute atomic E-state index is 14.6. The zero-order valence-corrected chi connectivity index (χ0v) is 21.1. The van der Waals surface area contributed by atoms with Gasteiger partial charge < -0.3 is 5.11 Å². The molecule has 3 saturated carbocycles. The molecule has 0 aromatic carbocycles. The van der Waals surface area contributed by atoms with Gasteiger partial charge in [0, 0.05) is 5.41 Å². The standard InChI is InChI=1S/C29H45FO2/c1-19(12-17-25(30)27(32)28(3,4)5)23-15-16-24-22(10-8-18-29(23,24)6)14-13-21-9-7-11-26(31)20(21)2/h13-14,19,23-26,31H,2,7-12,15-18H2,1,3-6H3/b21-13-,22-14+/t19-,23-,24+,25?,26?,29?/m1/s1. The molecule has 0 bridgehead atoms. The molecule has 6 atom stereocenters. The number of carbonyl (C=O) groups excluding carboxylic acids is 1. The molecule has 3 rings (SSSR count). The van der Waals surface area contributed by atoms with Gasteiger partial charge >= 0.3 is 0 Å². The second kappa shape index (κ2) is 9.95. The van der Waals surface area contributed by atoms with Crippen LogP contribution in [0.5, 0.6) is 0 Å². The quantitative estimate of drug-likeness (QED) is 0.460. The lowest BCUT2D eigenvalue weighted by Gasteiger charge is -2.44. The molecule has 3 aliphatic carbocycles. The number of rotatable bonds is 6. The van der Waals surface area contributed by atoms with Gasteiger partial charge in [-0.15, -0.1) is 0 Å². The third-order valence-electron chi connectivity index (χ3n) is 8.86. The maximum atomic E-state index is 14.6. The summed E-state index contributed by atoms with van der Waals surface area (Å²) < 4.78 is 14.6. The van der Waals surface area contributed by atoms with Crippen LogP contribution in [-0.2, 0) is 4.79 Å². The number of alkyl halides is 1. The Morgan fingerprint density at radius 1 is 1.19 bits per heavy atom. The number of halogens is 1. The molecule has 0 spiro atoms. The van der Waals surface area contributed by atoms with Gasteiger partial charge in [-0.25, -0.2) is 4.39 Å².